The fourth-order valence-electron chi connectivity index (χ4n) is 4.69. The maximum atomic E-state index is 13.4. The molecule has 2 amide bonds. The van der Waals surface area contributed by atoms with Gasteiger partial charge in [-0.25, -0.2) is 4.79 Å². The summed E-state index contributed by atoms with van der Waals surface area (Å²) in [6, 6.07) is 16.2. The topological polar surface area (TPSA) is 123 Å². The lowest BCUT2D eigenvalue weighted by molar-refractivity contribution is -1.03. The maximum Gasteiger partial charge on any atom is 0.373 e. The van der Waals surface area contributed by atoms with Gasteiger partial charge in [0.05, 0.1) is 17.9 Å². The van der Waals surface area contributed by atoms with Crippen LogP contribution in [0.25, 0.3) is 0 Å². The van der Waals surface area contributed by atoms with Crippen LogP contribution in [0.1, 0.15) is 61.2 Å². The average molecular weight is 521 g/mol. The highest BCUT2D eigenvalue weighted by molar-refractivity contribution is 5.90. The van der Waals surface area contributed by atoms with Crippen molar-refractivity contribution < 1.29 is 28.3 Å². The Morgan fingerprint density at radius 2 is 1.92 bits per heavy atom. The van der Waals surface area contributed by atoms with Gasteiger partial charge in [0.2, 0.25) is 11.8 Å². The number of aldehydes is 1. The van der Waals surface area contributed by atoms with Crippen LogP contribution in [0.5, 0.6) is 0 Å². The Bertz CT molecular complexity index is 1310. The van der Waals surface area contributed by atoms with Gasteiger partial charge >= 0.3 is 5.91 Å². The number of nitrogens with one attached hydrogen (secondary N) is 2. The molecule has 3 unspecified atom stereocenters. The fourth-order valence-corrected chi connectivity index (χ4v) is 4.69. The Balaban J connectivity index is 1.46. The number of quaternary nitrogens is 1. The summed E-state index contributed by atoms with van der Waals surface area (Å²) in [5, 5.41) is 14.2. The summed E-state index contributed by atoms with van der Waals surface area (Å²) < 4.78 is 5.33. The van der Waals surface area contributed by atoms with E-state index in [0.29, 0.717) is 23.8 Å². The Morgan fingerprint density at radius 1 is 1.18 bits per heavy atom. The van der Waals surface area contributed by atoms with Crippen LogP contribution in [0.15, 0.2) is 59.0 Å². The second kappa shape index (κ2) is 10.9. The molecule has 1 aromatic heterocycles. The number of amides is 2. The van der Waals surface area contributed by atoms with Crippen molar-refractivity contribution in [2.75, 3.05) is 13.6 Å². The third kappa shape index (κ3) is 5.88. The molecule has 2 aromatic carbocycles. The van der Waals surface area contributed by atoms with Crippen molar-refractivity contribution >= 4 is 18.1 Å². The van der Waals surface area contributed by atoms with E-state index in [1.807, 2.05) is 31.2 Å². The highest BCUT2D eigenvalue weighted by atomic mass is 16.7. The van der Waals surface area contributed by atoms with Gasteiger partial charge in [-0.05, 0) is 31.9 Å². The summed E-state index contributed by atoms with van der Waals surface area (Å²) in [5.41, 5.74) is 1.69. The first-order valence-corrected chi connectivity index (χ1v) is 12.6. The third-order valence-electron chi connectivity index (χ3n) is 6.94. The summed E-state index contributed by atoms with van der Waals surface area (Å²) in [5.74, 6) is -0.382. The van der Waals surface area contributed by atoms with Crippen LogP contribution in [0.3, 0.4) is 0 Å². The lowest BCUT2D eigenvalue weighted by Gasteiger charge is -2.39. The van der Waals surface area contributed by atoms with Crippen molar-refractivity contribution in [2.45, 2.75) is 57.8 Å². The van der Waals surface area contributed by atoms with E-state index in [1.165, 1.54) is 0 Å². The van der Waals surface area contributed by atoms with Gasteiger partial charge in [-0.3, -0.25) is 10.1 Å². The lowest BCUT2D eigenvalue weighted by atomic mass is 9.88. The van der Waals surface area contributed by atoms with E-state index >= 15 is 0 Å². The molecule has 1 aliphatic heterocycles. The number of likely N-dealkylation sites (N-methyl/N-ethyl adjacent to an activating group) is 1. The van der Waals surface area contributed by atoms with Crippen molar-refractivity contribution in [3.8, 4) is 0 Å². The van der Waals surface area contributed by atoms with Gasteiger partial charge in [0, 0.05) is 0 Å². The number of nitrogens with zero attached hydrogens (tertiary/aromatic N) is 3. The molecule has 200 valence electrons. The summed E-state index contributed by atoms with van der Waals surface area (Å²) in [6.45, 7) is 7.02. The molecule has 1 aliphatic rings. The summed E-state index contributed by atoms with van der Waals surface area (Å²) in [7, 11) is 1.55. The molecule has 10 heteroatoms. The number of hydroxylamine groups is 3. The molecule has 38 heavy (non-hydrogen) atoms. The van der Waals surface area contributed by atoms with E-state index in [9.17, 15) is 14.4 Å². The monoisotopic (exact) mass is 520 g/mol. The van der Waals surface area contributed by atoms with Crippen molar-refractivity contribution in [2.24, 2.45) is 0 Å². The largest absolute Gasteiger partial charge is 0.425 e. The minimum Gasteiger partial charge on any atom is -0.425 e. The quantitative estimate of drug-likeness (QED) is 0.238. The van der Waals surface area contributed by atoms with Gasteiger partial charge in [0.15, 0.2) is 18.8 Å². The second-order valence-electron chi connectivity index (χ2n) is 10.2. The van der Waals surface area contributed by atoms with Crippen LogP contribution in [0.2, 0.25) is 0 Å². The molecule has 0 spiro atoms. The molecular formula is C28H34N5O5+. The summed E-state index contributed by atoms with van der Waals surface area (Å²) in [6.07, 6.45) is 0.465. The first-order valence-electron chi connectivity index (χ1n) is 12.6. The second-order valence-corrected chi connectivity index (χ2v) is 10.2. The number of piperazine rings is 1. The zero-order valence-corrected chi connectivity index (χ0v) is 22.3. The van der Waals surface area contributed by atoms with E-state index in [4.69, 9.17) is 9.25 Å². The van der Waals surface area contributed by atoms with Gasteiger partial charge in [-0.15, -0.1) is 14.8 Å². The van der Waals surface area contributed by atoms with Gasteiger partial charge in [-0.2, -0.15) is 4.84 Å². The summed E-state index contributed by atoms with van der Waals surface area (Å²) in [4.78, 5) is 44.3. The maximum absolute atomic E-state index is 13.4. The molecule has 0 saturated carbocycles. The number of rotatable bonds is 10. The minimum absolute atomic E-state index is 0.187. The highest BCUT2D eigenvalue weighted by Gasteiger charge is 2.50. The van der Waals surface area contributed by atoms with Gasteiger partial charge < -0.3 is 14.5 Å². The van der Waals surface area contributed by atoms with Crippen molar-refractivity contribution in [3.05, 3.63) is 83.1 Å². The molecule has 0 radical (unpaired) electrons. The number of carbonyl (C=O) groups is 3. The van der Waals surface area contributed by atoms with E-state index in [1.54, 1.807) is 52.1 Å². The molecular weight excluding hydrogens is 486 g/mol. The molecule has 0 aliphatic carbocycles. The van der Waals surface area contributed by atoms with Crippen molar-refractivity contribution in [1.82, 2.24) is 20.8 Å². The predicted molar refractivity (Wildman–Crippen MR) is 138 cm³/mol. The van der Waals surface area contributed by atoms with E-state index in [-0.39, 0.29) is 18.4 Å². The summed E-state index contributed by atoms with van der Waals surface area (Å²) >= 11 is 0. The molecule has 1 saturated heterocycles. The van der Waals surface area contributed by atoms with Crippen molar-refractivity contribution in [1.29, 1.82) is 0 Å². The van der Waals surface area contributed by atoms with E-state index in [0.717, 1.165) is 17.4 Å². The number of carbonyl (C=O) groups excluding carboxylic acids is 3. The highest BCUT2D eigenvalue weighted by Crippen LogP contribution is 2.29. The van der Waals surface area contributed by atoms with Crippen LogP contribution in [0.4, 0.5) is 0 Å². The van der Waals surface area contributed by atoms with Crippen molar-refractivity contribution in [3.63, 3.8) is 0 Å². The number of hydrogen-bond donors (Lipinski definition) is 2. The molecule has 1 fully saturated rings. The Hall–Kier alpha value is -3.73. The van der Waals surface area contributed by atoms with Crippen LogP contribution >= 0.6 is 0 Å². The SMILES string of the molecule is Cc1cccc(Cc2nnc(C(C)[C@@](C)(C=O)NC(C)O[N@+]3(C)CC(=O)NC(c4ccccc4)C3=O)o2)c1. The smallest absolute Gasteiger partial charge is 0.373 e. The zero-order valence-electron chi connectivity index (χ0n) is 22.3. The number of benzene rings is 2. The Kier molecular flexibility index (Phi) is 7.86. The lowest BCUT2D eigenvalue weighted by Crippen LogP contribution is -2.66. The van der Waals surface area contributed by atoms with Gasteiger partial charge in [-0.1, -0.05) is 67.1 Å². The Labute approximate surface area is 221 Å². The molecule has 3 aromatic rings. The third-order valence-corrected chi connectivity index (χ3v) is 6.94. The number of aromatic nitrogens is 2. The van der Waals surface area contributed by atoms with Crippen LogP contribution in [-0.2, 0) is 25.6 Å². The normalized spacial score (nSPS) is 22.8. The molecule has 10 nitrogen and oxygen atoms in total. The fraction of sp³-hybridized carbons (Fsp3) is 0.393. The molecule has 2 N–H and O–H groups in total. The first-order chi connectivity index (χ1) is 18.0. The number of aryl methyl sites for hydroxylation is 1. The van der Waals surface area contributed by atoms with E-state index < -0.39 is 28.4 Å². The average Bonchev–Trinajstić information content (AvgIpc) is 3.34. The van der Waals surface area contributed by atoms with E-state index in [2.05, 4.69) is 26.9 Å². The standard InChI is InChI=1S/C28H33N5O5/c1-18-10-9-11-21(14-18)15-24-31-32-26(37-24)19(2)28(4,17-34)30-20(3)38-33(5)16-23(35)29-25(27(33)36)22-12-7-6-8-13-22/h6-14,17,19-20,25,30H,15-16H2,1-5H3/p+1/t19?,20?,25?,28-,33-/m1/s1. The molecule has 5 atom stereocenters. The van der Waals surface area contributed by atoms with Crippen LogP contribution < -0.4 is 10.6 Å². The minimum atomic E-state index is -1.16. The zero-order chi connectivity index (χ0) is 27.5. The van der Waals surface area contributed by atoms with Gasteiger partial charge in [0.25, 0.3) is 5.91 Å². The predicted octanol–water partition coefficient (Wildman–Crippen LogP) is 2.74. The Morgan fingerprint density at radius 3 is 2.61 bits per heavy atom. The van der Waals surface area contributed by atoms with Crippen LogP contribution in [0, 0.1) is 6.92 Å². The molecule has 2 heterocycles. The number of hydrogen-bond acceptors (Lipinski definition) is 8. The molecule has 0 bridgehead atoms. The van der Waals surface area contributed by atoms with Crippen LogP contribution in [-0.4, -0.2) is 58.3 Å². The molecule has 4 rings (SSSR count). The van der Waals surface area contributed by atoms with Gasteiger partial charge in [0.1, 0.15) is 13.3 Å². The first kappa shape index (κ1) is 27.3.